The Balaban J connectivity index is 0.734. The van der Waals surface area contributed by atoms with Gasteiger partial charge in [0.05, 0.1) is 56.4 Å². The van der Waals surface area contributed by atoms with Crippen LogP contribution in [0.5, 0.6) is 0 Å². The Morgan fingerprint density at radius 1 is 0.908 bits per heavy atom. The van der Waals surface area contributed by atoms with Crippen molar-refractivity contribution in [1.82, 2.24) is 60.5 Å². The molecule has 1 aliphatic heterocycles. The van der Waals surface area contributed by atoms with E-state index in [1.165, 1.54) is 61.9 Å². The minimum absolute atomic E-state index is 0.00655. The van der Waals surface area contributed by atoms with E-state index in [0.29, 0.717) is 40.1 Å². The number of methoxy groups -OCH3 is 1. The quantitative estimate of drug-likeness (QED) is 0.0258. The van der Waals surface area contributed by atoms with Crippen LogP contribution in [0.3, 0.4) is 0 Å². The van der Waals surface area contributed by atoms with Crippen molar-refractivity contribution >= 4 is 83.2 Å². The number of carbonyl (C=O) groups is 3. The van der Waals surface area contributed by atoms with Crippen molar-refractivity contribution < 1.29 is 32.6 Å². The van der Waals surface area contributed by atoms with E-state index in [2.05, 4.69) is 50.8 Å². The molecule has 87 heavy (non-hydrogen) atoms. The van der Waals surface area contributed by atoms with Crippen molar-refractivity contribution in [2.24, 2.45) is 28.6 Å². The number of likely N-dealkylation sites (tertiary alicyclic amines) is 1. The normalized spacial score (nSPS) is 21.9. The average molecular weight is 1240 g/mol. The number of aromatic nitrogens is 7. The van der Waals surface area contributed by atoms with Crippen molar-refractivity contribution in [3.8, 4) is 21.6 Å². The highest BCUT2D eigenvalue weighted by Gasteiger charge is 2.51. The Labute approximate surface area is 517 Å². The summed E-state index contributed by atoms with van der Waals surface area (Å²) in [6.07, 6.45) is 8.26. The van der Waals surface area contributed by atoms with Gasteiger partial charge in [-0.05, 0) is 155 Å². The van der Waals surface area contributed by atoms with Gasteiger partial charge in [0.1, 0.15) is 23.8 Å². The van der Waals surface area contributed by atoms with E-state index in [-0.39, 0.29) is 55.0 Å². The van der Waals surface area contributed by atoms with Crippen LogP contribution in [-0.2, 0) is 30.9 Å². The van der Waals surface area contributed by atoms with Crippen molar-refractivity contribution in [1.29, 1.82) is 0 Å². The van der Waals surface area contributed by atoms with Crippen LogP contribution >= 0.6 is 22.7 Å². The maximum Gasteiger partial charge on any atom is 0.284 e. The van der Waals surface area contributed by atoms with E-state index in [1.54, 1.807) is 41.6 Å². The van der Waals surface area contributed by atoms with Crippen molar-refractivity contribution in [2.45, 2.75) is 137 Å². The first-order chi connectivity index (χ1) is 41.5. The molecule has 5 aliphatic rings. The number of nitrogens with zero attached hydrogens (tertiary/aromatic N) is 9. The molecule has 4 bridgehead atoms. The summed E-state index contributed by atoms with van der Waals surface area (Å²) in [6, 6.07) is 19.2. The van der Waals surface area contributed by atoms with Crippen LogP contribution < -0.4 is 30.9 Å². The number of para-hydroxylation sites is 1. The number of pyridine rings is 1. The summed E-state index contributed by atoms with van der Waals surface area (Å²) in [7, 11) is -0.953. The zero-order valence-electron chi connectivity index (χ0n) is 51.0. The summed E-state index contributed by atoms with van der Waals surface area (Å²) in [6.45, 7) is 14.6. The Kier molecular flexibility index (Phi) is 18.0. The highest BCUT2D eigenvalue weighted by atomic mass is 32.2. The number of ether oxygens (including phenoxy) is 1. The summed E-state index contributed by atoms with van der Waals surface area (Å²) >= 11 is 3.09. The molecule has 4 aliphatic carbocycles. The number of aryl methyl sites for hydroxylation is 2. The van der Waals surface area contributed by atoms with Crippen molar-refractivity contribution in [3.63, 3.8) is 0 Å². The minimum atomic E-state index is -4.23. The van der Waals surface area contributed by atoms with Gasteiger partial charge in [-0.3, -0.25) is 24.4 Å². The van der Waals surface area contributed by atoms with Crippen LogP contribution in [0.15, 0.2) is 78.4 Å². The van der Waals surface area contributed by atoms with Gasteiger partial charge in [-0.2, -0.15) is 5.10 Å². The predicted octanol–water partition coefficient (Wildman–Crippen LogP) is 8.98. The number of sulfonamides is 1. The summed E-state index contributed by atoms with van der Waals surface area (Å²) in [5, 5.41) is 38.4. The van der Waals surface area contributed by atoms with Gasteiger partial charge in [0, 0.05) is 57.0 Å². The second-order valence-corrected chi connectivity index (χ2v) is 29.4. The maximum atomic E-state index is 14.6. The Bertz CT molecular complexity index is 3700. The van der Waals surface area contributed by atoms with Crippen molar-refractivity contribution in [3.05, 3.63) is 107 Å². The van der Waals surface area contributed by atoms with Crippen LogP contribution in [0.2, 0.25) is 0 Å². The lowest BCUT2D eigenvalue weighted by atomic mass is 9.49. The Morgan fingerprint density at radius 2 is 1.63 bits per heavy atom. The second kappa shape index (κ2) is 25.4. The van der Waals surface area contributed by atoms with Crippen LogP contribution in [-0.4, -0.2) is 135 Å². The number of hydrogen-bond donors (Lipinski definition) is 6. The van der Waals surface area contributed by atoms with Gasteiger partial charge < -0.3 is 35.6 Å². The van der Waals surface area contributed by atoms with Crippen LogP contribution in [0.25, 0.3) is 31.8 Å². The molecule has 5 fully saturated rings. The number of thiazole rings is 2. The third-order valence-electron chi connectivity index (χ3n) is 18.1. The third kappa shape index (κ3) is 13.8. The third-order valence-corrected chi connectivity index (χ3v) is 21.3. The molecule has 1 saturated heterocycles. The Hall–Kier alpha value is -6.80. The van der Waals surface area contributed by atoms with Gasteiger partial charge >= 0.3 is 0 Å². The van der Waals surface area contributed by atoms with E-state index in [1.807, 2.05) is 109 Å². The fourth-order valence-corrected chi connectivity index (χ4v) is 16.5. The van der Waals surface area contributed by atoms with E-state index in [4.69, 9.17) is 14.8 Å². The Morgan fingerprint density at radius 3 is 2.30 bits per heavy atom. The molecule has 24 heteroatoms. The van der Waals surface area contributed by atoms with Gasteiger partial charge in [-0.1, -0.05) is 68.5 Å². The highest BCUT2D eigenvalue weighted by Crippen LogP contribution is 2.60. The summed E-state index contributed by atoms with van der Waals surface area (Å²) in [4.78, 5) is 61.2. The lowest BCUT2D eigenvalue weighted by Gasteiger charge is -2.56. The predicted molar refractivity (Wildman–Crippen MR) is 339 cm³/mol. The van der Waals surface area contributed by atoms with Crippen molar-refractivity contribution in [2.75, 3.05) is 49.8 Å². The molecular formula is C63H80N14O7S3. The molecule has 21 nitrogen and oxygen atoms in total. The van der Waals surface area contributed by atoms with Gasteiger partial charge in [0.25, 0.3) is 5.91 Å². The molecule has 6 N–H and O–H groups in total. The number of aliphatic hydroxyl groups is 1. The van der Waals surface area contributed by atoms with E-state index in [9.17, 15) is 27.9 Å². The fraction of sp³-hybridized carbons (Fsp3) is 0.508. The summed E-state index contributed by atoms with van der Waals surface area (Å²) < 4.78 is 39.1. The zero-order valence-corrected chi connectivity index (χ0v) is 53.4. The average Bonchev–Trinajstić information content (AvgIpc) is 2.85. The minimum Gasteiger partial charge on any atom is -0.391 e. The maximum absolute atomic E-state index is 14.6. The largest absolute Gasteiger partial charge is 0.391 e. The van der Waals surface area contributed by atoms with Gasteiger partial charge in [0.15, 0.2) is 16.8 Å². The first-order valence-electron chi connectivity index (χ1n) is 30.1. The second-order valence-electron chi connectivity index (χ2n) is 25.7. The number of aliphatic hydroxyl groups excluding tert-OH is 1. The van der Waals surface area contributed by atoms with Gasteiger partial charge in [-0.15, -0.1) is 21.5 Å². The van der Waals surface area contributed by atoms with Gasteiger partial charge in [0.2, 0.25) is 21.8 Å². The molecule has 5 aromatic heterocycles. The van der Waals surface area contributed by atoms with E-state index in [0.717, 1.165) is 67.5 Å². The topological polar surface area (TPSA) is 264 Å². The lowest BCUT2D eigenvalue weighted by Crippen LogP contribution is -2.59. The summed E-state index contributed by atoms with van der Waals surface area (Å²) in [5.41, 5.74) is 7.86. The van der Waals surface area contributed by atoms with Crippen LogP contribution in [0, 0.1) is 49.4 Å². The van der Waals surface area contributed by atoms with E-state index >= 15 is 0 Å². The molecule has 462 valence electrons. The monoisotopic (exact) mass is 1240 g/mol. The first kappa shape index (κ1) is 61.8. The molecule has 2 aromatic carbocycles. The standard InChI is InChI=1S/C63H80N14O7S3/c1-36-24-52(72-73-57(36)71-61-68-48-12-10-11-13-50(48)86-61)75(8)51-19-18-46(47-32-66-77(39(47)4)34-63-29-40-25-41(30-63)27-42(26-40)31-63)54(69-51)59(80)74-87(82,83)23-22-64-21-20-53(84-9)70-56(62(5,6)7)60(81)76-33-45(78)28-49(76)58(79)67-37(2)43-14-16-44(17-15-43)55-38(3)65-35-85-55/h10-19,24,32,35,37,40-42,45,49,53,56,64,70,78H,20-23,25-31,33-34H2,1-9H3,(H,67,79)(H,74,80)(H,68,71,73)/t37-,40?,41?,42?,45+,49-,53?,56+,63?/m0/s1. The molecule has 4 saturated carbocycles. The molecule has 3 amide bonds. The highest BCUT2D eigenvalue weighted by molar-refractivity contribution is 7.90. The smallest absolute Gasteiger partial charge is 0.284 e. The number of benzene rings is 2. The zero-order chi connectivity index (χ0) is 61.5. The molecule has 0 spiro atoms. The number of anilines is 4. The number of hydrogen-bond acceptors (Lipinski definition) is 19. The number of β-amino-alcohol motifs (C(OH)–C–C–N with tert-alkyl or cyclic N) is 1. The molecule has 1 unspecified atom stereocenters. The van der Waals surface area contributed by atoms with E-state index < -0.39 is 51.5 Å². The molecule has 5 atom stereocenters. The first-order valence-corrected chi connectivity index (χ1v) is 33.5. The SMILES string of the molecule is COC(CCNCCS(=O)(=O)NC(=O)c1nc(N(C)c2cc(C)c(Nc3nc4ccccc4s3)nn2)ccc1-c1cnn(CC23CC4CC(CC(C4)C2)C3)c1C)N[C@H](C(=O)N1C[C@H](O)C[C@H]1C(=O)N[C@@H](C)c1ccc(-c2scnc2C)cc1)C(C)(C)C. The molecule has 6 heterocycles. The molecule has 0 radical (unpaired) electrons. The van der Waals surface area contributed by atoms with Gasteiger partial charge in [-0.25, -0.2) is 28.1 Å². The lowest BCUT2D eigenvalue weighted by molar-refractivity contribution is -0.143. The number of fused-ring (bicyclic) bond motifs is 1. The fourth-order valence-electron chi connectivity index (χ4n) is 13.9. The number of carbonyl (C=O) groups excluding carboxylic acids is 3. The number of rotatable bonds is 23. The van der Waals surface area contributed by atoms with Crippen LogP contribution in [0.4, 0.5) is 22.6 Å². The molecular weight excluding hydrogens is 1160 g/mol. The number of amides is 3. The van der Waals surface area contributed by atoms with Crippen LogP contribution in [0.1, 0.15) is 118 Å². The molecule has 12 rings (SSSR count). The summed E-state index contributed by atoms with van der Waals surface area (Å²) in [5.74, 6) is 1.61. The number of nitrogens with one attached hydrogen (secondary N) is 5. The molecule has 7 aromatic rings.